The highest BCUT2D eigenvalue weighted by atomic mass is 16.3. The number of hydrogen-bond donors (Lipinski definition) is 2. The van der Waals surface area contributed by atoms with E-state index in [2.05, 4.69) is 5.32 Å². The fourth-order valence-electron chi connectivity index (χ4n) is 3.54. The van der Waals surface area contributed by atoms with Gasteiger partial charge in [0, 0.05) is 24.8 Å². The van der Waals surface area contributed by atoms with Crippen LogP contribution in [0, 0.1) is 5.92 Å². The van der Waals surface area contributed by atoms with E-state index < -0.39 is 6.04 Å². The maximum Gasteiger partial charge on any atom is 0.254 e. The molecule has 0 spiro atoms. The number of nitrogens with one attached hydrogen (secondary N) is 1. The van der Waals surface area contributed by atoms with Crippen molar-refractivity contribution in [3.05, 3.63) is 35.9 Å². The van der Waals surface area contributed by atoms with Crippen LogP contribution in [0.5, 0.6) is 0 Å². The topological polar surface area (TPSA) is 69.6 Å². The molecule has 5 nitrogen and oxygen atoms in total. The number of carbonyl (C=O) groups excluding carboxylic acids is 2. The van der Waals surface area contributed by atoms with Gasteiger partial charge in [-0.3, -0.25) is 9.59 Å². The third-order valence-electron chi connectivity index (χ3n) is 5.05. The van der Waals surface area contributed by atoms with Crippen molar-refractivity contribution in [1.82, 2.24) is 10.2 Å². The molecule has 0 radical (unpaired) electrons. The van der Waals surface area contributed by atoms with Crippen molar-refractivity contribution in [2.45, 2.75) is 50.6 Å². The molecule has 2 amide bonds. The Labute approximate surface area is 143 Å². The van der Waals surface area contributed by atoms with E-state index in [1.54, 1.807) is 17.0 Å². The van der Waals surface area contributed by atoms with Crippen molar-refractivity contribution in [1.29, 1.82) is 0 Å². The van der Waals surface area contributed by atoms with Crippen LogP contribution in [-0.2, 0) is 4.79 Å². The largest absolute Gasteiger partial charge is 0.396 e. The molecule has 2 fully saturated rings. The van der Waals surface area contributed by atoms with Gasteiger partial charge in [-0.25, -0.2) is 0 Å². The maximum atomic E-state index is 12.8. The van der Waals surface area contributed by atoms with E-state index in [4.69, 9.17) is 0 Å². The Bertz CT molecular complexity index is 571. The summed E-state index contributed by atoms with van der Waals surface area (Å²) in [7, 11) is 0. The first kappa shape index (κ1) is 17.0. The molecule has 0 aromatic heterocycles. The lowest BCUT2D eigenvalue weighted by Gasteiger charge is -2.35. The van der Waals surface area contributed by atoms with Crippen LogP contribution >= 0.6 is 0 Å². The number of hydrogen-bond acceptors (Lipinski definition) is 3. The minimum Gasteiger partial charge on any atom is -0.396 e. The van der Waals surface area contributed by atoms with Gasteiger partial charge < -0.3 is 15.3 Å². The van der Waals surface area contributed by atoms with E-state index in [0.717, 1.165) is 25.7 Å². The van der Waals surface area contributed by atoms with Crippen molar-refractivity contribution in [3.63, 3.8) is 0 Å². The van der Waals surface area contributed by atoms with Crippen LogP contribution in [0.2, 0.25) is 0 Å². The normalized spacial score (nSPS) is 22.0. The Hall–Kier alpha value is -1.88. The zero-order valence-corrected chi connectivity index (χ0v) is 14.0. The molecule has 1 aromatic rings. The molecule has 2 aliphatic rings. The third kappa shape index (κ3) is 3.96. The van der Waals surface area contributed by atoms with Gasteiger partial charge in [-0.05, 0) is 56.6 Å². The van der Waals surface area contributed by atoms with E-state index in [9.17, 15) is 14.7 Å². The summed E-state index contributed by atoms with van der Waals surface area (Å²) in [5.74, 6) is 0.355. The van der Waals surface area contributed by atoms with Crippen LogP contribution in [0.15, 0.2) is 30.3 Å². The summed E-state index contributed by atoms with van der Waals surface area (Å²) in [5.41, 5.74) is 0.631. The Morgan fingerprint density at radius 1 is 1.17 bits per heavy atom. The number of amides is 2. The van der Waals surface area contributed by atoms with Crippen molar-refractivity contribution in [3.8, 4) is 0 Å². The van der Waals surface area contributed by atoms with Gasteiger partial charge in [-0.1, -0.05) is 18.2 Å². The SMILES string of the molecule is O=C(NC(CCO)C1CC1)C1CCCCN1C(=O)c1ccccc1. The van der Waals surface area contributed by atoms with Crippen LogP contribution in [-0.4, -0.2) is 47.1 Å². The number of nitrogens with zero attached hydrogens (tertiary/aromatic N) is 1. The zero-order chi connectivity index (χ0) is 16.9. The highest BCUT2D eigenvalue weighted by molar-refractivity contribution is 5.97. The van der Waals surface area contributed by atoms with Crippen molar-refractivity contribution < 1.29 is 14.7 Å². The fourth-order valence-corrected chi connectivity index (χ4v) is 3.54. The Balaban J connectivity index is 1.69. The molecule has 1 saturated heterocycles. The van der Waals surface area contributed by atoms with Crippen LogP contribution < -0.4 is 5.32 Å². The maximum absolute atomic E-state index is 12.8. The fraction of sp³-hybridized carbons (Fsp3) is 0.579. The molecular weight excluding hydrogens is 304 g/mol. The molecule has 2 unspecified atom stereocenters. The molecule has 130 valence electrons. The Morgan fingerprint density at radius 2 is 1.92 bits per heavy atom. The van der Waals surface area contributed by atoms with Crippen LogP contribution in [0.4, 0.5) is 0 Å². The van der Waals surface area contributed by atoms with Gasteiger partial charge in [0.25, 0.3) is 5.91 Å². The molecule has 1 saturated carbocycles. The lowest BCUT2D eigenvalue weighted by atomic mass is 9.99. The summed E-state index contributed by atoms with van der Waals surface area (Å²) < 4.78 is 0. The van der Waals surface area contributed by atoms with Crippen molar-refractivity contribution in [2.24, 2.45) is 5.92 Å². The highest BCUT2D eigenvalue weighted by Crippen LogP contribution is 2.34. The van der Waals surface area contributed by atoms with Gasteiger partial charge in [0.15, 0.2) is 0 Å². The van der Waals surface area contributed by atoms with Gasteiger partial charge in [0.1, 0.15) is 6.04 Å². The standard InChI is InChI=1S/C19H26N2O3/c22-13-11-16(14-9-10-14)20-18(23)17-8-4-5-12-21(17)19(24)15-6-2-1-3-7-15/h1-3,6-7,14,16-17,22H,4-5,8-13H2,(H,20,23). The minimum absolute atomic E-state index is 0.0399. The third-order valence-corrected chi connectivity index (χ3v) is 5.05. The summed E-state index contributed by atoms with van der Waals surface area (Å²) in [4.78, 5) is 27.3. The van der Waals surface area contributed by atoms with E-state index in [1.807, 2.05) is 18.2 Å². The number of aliphatic hydroxyl groups is 1. The van der Waals surface area contributed by atoms with Gasteiger partial charge >= 0.3 is 0 Å². The quantitative estimate of drug-likeness (QED) is 0.838. The van der Waals surface area contributed by atoms with Crippen LogP contribution in [0.25, 0.3) is 0 Å². The second kappa shape index (κ2) is 7.79. The molecule has 0 bridgehead atoms. The van der Waals surface area contributed by atoms with Gasteiger partial charge in [-0.15, -0.1) is 0 Å². The van der Waals surface area contributed by atoms with E-state index in [0.29, 0.717) is 30.9 Å². The summed E-state index contributed by atoms with van der Waals surface area (Å²) in [5, 5.41) is 12.3. The highest BCUT2D eigenvalue weighted by Gasteiger charge is 2.37. The molecule has 2 N–H and O–H groups in total. The van der Waals surface area contributed by atoms with E-state index >= 15 is 0 Å². The van der Waals surface area contributed by atoms with Gasteiger partial charge in [0.05, 0.1) is 0 Å². The summed E-state index contributed by atoms with van der Waals surface area (Å²) in [6.07, 6.45) is 5.43. The molecule has 24 heavy (non-hydrogen) atoms. The lowest BCUT2D eigenvalue weighted by Crippen LogP contribution is -2.54. The van der Waals surface area contributed by atoms with E-state index in [-0.39, 0.29) is 24.5 Å². The second-order valence-electron chi connectivity index (χ2n) is 6.84. The first-order valence-electron chi connectivity index (χ1n) is 8.98. The predicted molar refractivity (Wildman–Crippen MR) is 91.5 cm³/mol. The first-order valence-corrected chi connectivity index (χ1v) is 8.98. The van der Waals surface area contributed by atoms with Gasteiger partial charge in [0.2, 0.25) is 5.91 Å². The molecule has 2 atom stereocenters. The Kier molecular flexibility index (Phi) is 5.51. The monoisotopic (exact) mass is 330 g/mol. The van der Waals surface area contributed by atoms with Gasteiger partial charge in [-0.2, -0.15) is 0 Å². The number of benzene rings is 1. The summed E-state index contributed by atoms with van der Waals surface area (Å²) in [6.45, 7) is 0.707. The molecule has 5 heteroatoms. The second-order valence-corrected chi connectivity index (χ2v) is 6.84. The molecule has 1 aromatic carbocycles. The number of piperidine rings is 1. The number of rotatable bonds is 6. The minimum atomic E-state index is -0.397. The first-order chi connectivity index (χ1) is 11.7. The average Bonchev–Trinajstić information content (AvgIpc) is 3.46. The number of aliphatic hydroxyl groups excluding tert-OH is 1. The number of carbonyl (C=O) groups is 2. The van der Waals surface area contributed by atoms with Crippen molar-refractivity contribution >= 4 is 11.8 Å². The number of likely N-dealkylation sites (tertiary alicyclic amines) is 1. The van der Waals surface area contributed by atoms with Crippen LogP contribution in [0.1, 0.15) is 48.9 Å². The molecular formula is C19H26N2O3. The average molecular weight is 330 g/mol. The molecule has 1 heterocycles. The molecule has 1 aliphatic carbocycles. The van der Waals surface area contributed by atoms with E-state index in [1.165, 1.54) is 0 Å². The molecule has 1 aliphatic heterocycles. The summed E-state index contributed by atoms with van der Waals surface area (Å²) >= 11 is 0. The smallest absolute Gasteiger partial charge is 0.254 e. The molecule has 3 rings (SSSR count). The van der Waals surface area contributed by atoms with Crippen molar-refractivity contribution in [2.75, 3.05) is 13.2 Å². The lowest BCUT2D eigenvalue weighted by molar-refractivity contribution is -0.127. The van der Waals surface area contributed by atoms with Crippen LogP contribution in [0.3, 0.4) is 0 Å². The zero-order valence-electron chi connectivity index (χ0n) is 14.0. The predicted octanol–water partition coefficient (Wildman–Crippen LogP) is 1.96. The summed E-state index contributed by atoms with van der Waals surface area (Å²) in [6, 6.07) is 8.80. The Morgan fingerprint density at radius 3 is 2.58 bits per heavy atom.